The molecule has 3 N–H and O–H groups in total. The third-order valence-electron chi connectivity index (χ3n) is 3.76. The van der Waals surface area contributed by atoms with Gasteiger partial charge in [-0.1, -0.05) is 11.6 Å². The van der Waals surface area contributed by atoms with Gasteiger partial charge in [0.2, 0.25) is 0 Å². The molecule has 0 aliphatic heterocycles. The standard InChI is InChI=1S/C16H23NO2/c1-12(15-11-14(18)7-8-16(15)19)17-10-9-13-5-3-2-4-6-13/h5,7-8,11-12,17-19H,2-4,6,9-10H2,1H3. The van der Waals surface area contributed by atoms with Crippen molar-refractivity contribution in [2.45, 2.75) is 45.1 Å². The molecule has 1 atom stereocenters. The van der Waals surface area contributed by atoms with E-state index < -0.39 is 0 Å². The summed E-state index contributed by atoms with van der Waals surface area (Å²) in [5.74, 6) is 0.422. The normalized spacial score (nSPS) is 17.0. The van der Waals surface area contributed by atoms with Crippen molar-refractivity contribution in [3.8, 4) is 11.5 Å². The fraction of sp³-hybridized carbons (Fsp3) is 0.500. The fourth-order valence-electron chi connectivity index (χ4n) is 2.58. The van der Waals surface area contributed by atoms with Crippen LogP contribution in [0.4, 0.5) is 0 Å². The van der Waals surface area contributed by atoms with E-state index in [1.54, 1.807) is 11.6 Å². The number of nitrogens with one attached hydrogen (secondary N) is 1. The van der Waals surface area contributed by atoms with Crippen LogP contribution in [0.3, 0.4) is 0 Å². The molecule has 1 unspecified atom stereocenters. The number of phenolic OH excluding ortho intramolecular Hbond substituents is 2. The first kappa shape index (κ1) is 13.9. The summed E-state index contributed by atoms with van der Waals surface area (Å²) < 4.78 is 0. The van der Waals surface area contributed by atoms with E-state index in [0.29, 0.717) is 0 Å². The largest absolute Gasteiger partial charge is 0.508 e. The Kier molecular flexibility index (Phi) is 4.86. The van der Waals surface area contributed by atoms with Crippen LogP contribution < -0.4 is 5.32 Å². The van der Waals surface area contributed by atoms with E-state index >= 15 is 0 Å². The maximum absolute atomic E-state index is 9.79. The Morgan fingerprint density at radius 3 is 2.84 bits per heavy atom. The Morgan fingerprint density at radius 2 is 2.11 bits per heavy atom. The molecule has 0 saturated carbocycles. The van der Waals surface area contributed by atoms with Crippen LogP contribution in [-0.4, -0.2) is 16.8 Å². The van der Waals surface area contributed by atoms with Gasteiger partial charge in [0, 0.05) is 11.6 Å². The average Bonchev–Trinajstić information content (AvgIpc) is 2.42. The Bertz CT molecular complexity index is 454. The number of rotatable bonds is 5. The molecule has 0 bridgehead atoms. The molecule has 0 spiro atoms. The summed E-state index contributed by atoms with van der Waals surface area (Å²) in [5.41, 5.74) is 2.30. The summed E-state index contributed by atoms with van der Waals surface area (Å²) in [7, 11) is 0. The molecule has 2 rings (SSSR count). The number of benzene rings is 1. The lowest BCUT2D eigenvalue weighted by Gasteiger charge is -2.18. The fourth-order valence-corrected chi connectivity index (χ4v) is 2.58. The monoisotopic (exact) mass is 261 g/mol. The van der Waals surface area contributed by atoms with E-state index in [2.05, 4.69) is 11.4 Å². The lowest BCUT2D eigenvalue weighted by Crippen LogP contribution is -2.20. The average molecular weight is 261 g/mol. The second-order valence-electron chi connectivity index (χ2n) is 5.28. The van der Waals surface area contributed by atoms with Crippen molar-refractivity contribution in [3.63, 3.8) is 0 Å². The van der Waals surface area contributed by atoms with Gasteiger partial charge >= 0.3 is 0 Å². The number of aromatic hydroxyl groups is 2. The maximum Gasteiger partial charge on any atom is 0.120 e. The van der Waals surface area contributed by atoms with Gasteiger partial charge in [0.15, 0.2) is 0 Å². The Hall–Kier alpha value is -1.48. The summed E-state index contributed by atoms with van der Waals surface area (Å²) >= 11 is 0. The molecule has 1 aliphatic carbocycles. The minimum atomic E-state index is 0.0382. The Morgan fingerprint density at radius 1 is 1.26 bits per heavy atom. The molecular formula is C16H23NO2. The predicted molar refractivity (Wildman–Crippen MR) is 77.4 cm³/mol. The molecule has 0 radical (unpaired) electrons. The highest BCUT2D eigenvalue weighted by Gasteiger charge is 2.11. The van der Waals surface area contributed by atoms with Gasteiger partial charge in [-0.25, -0.2) is 0 Å². The van der Waals surface area contributed by atoms with E-state index in [1.807, 2.05) is 6.92 Å². The third kappa shape index (κ3) is 4.00. The first-order valence-corrected chi connectivity index (χ1v) is 7.10. The van der Waals surface area contributed by atoms with Crippen LogP contribution in [0.1, 0.15) is 50.6 Å². The number of allylic oxidation sites excluding steroid dienone is 1. The number of phenols is 2. The highest BCUT2D eigenvalue weighted by Crippen LogP contribution is 2.28. The molecule has 0 amide bonds. The van der Waals surface area contributed by atoms with Crippen LogP contribution in [0.25, 0.3) is 0 Å². The highest BCUT2D eigenvalue weighted by atomic mass is 16.3. The molecule has 1 aromatic rings. The van der Waals surface area contributed by atoms with Crippen LogP contribution in [0.5, 0.6) is 11.5 Å². The first-order valence-electron chi connectivity index (χ1n) is 7.10. The molecule has 3 heteroatoms. The molecule has 1 aliphatic rings. The zero-order valence-corrected chi connectivity index (χ0v) is 11.5. The summed E-state index contributed by atoms with van der Waals surface area (Å²) in [6.45, 7) is 2.91. The molecule has 19 heavy (non-hydrogen) atoms. The van der Waals surface area contributed by atoms with Crippen LogP contribution in [-0.2, 0) is 0 Å². The van der Waals surface area contributed by atoms with Crippen LogP contribution in [0.15, 0.2) is 29.8 Å². The van der Waals surface area contributed by atoms with Gasteiger partial charge in [0.25, 0.3) is 0 Å². The molecule has 3 nitrogen and oxygen atoms in total. The van der Waals surface area contributed by atoms with E-state index in [0.717, 1.165) is 18.5 Å². The highest BCUT2D eigenvalue weighted by molar-refractivity contribution is 5.40. The van der Waals surface area contributed by atoms with Gasteiger partial charge in [0.1, 0.15) is 11.5 Å². The maximum atomic E-state index is 9.79. The zero-order chi connectivity index (χ0) is 13.7. The summed E-state index contributed by atoms with van der Waals surface area (Å²) in [6, 6.07) is 4.69. The smallest absolute Gasteiger partial charge is 0.120 e. The summed E-state index contributed by atoms with van der Waals surface area (Å²) in [5, 5.41) is 22.7. The summed E-state index contributed by atoms with van der Waals surface area (Å²) in [6.07, 6.45) is 8.52. The van der Waals surface area contributed by atoms with Crippen molar-refractivity contribution in [2.24, 2.45) is 0 Å². The molecule has 0 aromatic heterocycles. The molecule has 1 aromatic carbocycles. The lowest BCUT2D eigenvalue weighted by atomic mass is 9.97. The minimum absolute atomic E-state index is 0.0382. The van der Waals surface area contributed by atoms with E-state index in [4.69, 9.17) is 0 Å². The van der Waals surface area contributed by atoms with Gasteiger partial charge in [-0.05, 0) is 63.8 Å². The van der Waals surface area contributed by atoms with Gasteiger partial charge in [0.05, 0.1) is 0 Å². The summed E-state index contributed by atoms with van der Waals surface area (Å²) in [4.78, 5) is 0. The van der Waals surface area contributed by atoms with Crippen LogP contribution in [0, 0.1) is 0 Å². The van der Waals surface area contributed by atoms with Gasteiger partial charge in [-0.2, -0.15) is 0 Å². The third-order valence-corrected chi connectivity index (χ3v) is 3.76. The van der Waals surface area contributed by atoms with Crippen molar-refractivity contribution >= 4 is 0 Å². The molecular weight excluding hydrogens is 238 g/mol. The quantitative estimate of drug-likeness (QED) is 0.560. The van der Waals surface area contributed by atoms with Crippen molar-refractivity contribution in [3.05, 3.63) is 35.4 Å². The lowest BCUT2D eigenvalue weighted by molar-refractivity contribution is 0.441. The van der Waals surface area contributed by atoms with E-state index in [1.165, 1.54) is 37.8 Å². The van der Waals surface area contributed by atoms with Gasteiger partial charge in [-0.15, -0.1) is 0 Å². The van der Waals surface area contributed by atoms with Gasteiger partial charge in [-0.3, -0.25) is 0 Å². The van der Waals surface area contributed by atoms with E-state index in [9.17, 15) is 10.2 Å². The zero-order valence-electron chi connectivity index (χ0n) is 11.5. The van der Waals surface area contributed by atoms with E-state index in [-0.39, 0.29) is 17.5 Å². The second-order valence-corrected chi connectivity index (χ2v) is 5.28. The van der Waals surface area contributed by atoms with Crippen molar-refractivity contribution in [1.82, 2.24) is 5.32 Å². The predicted octanol–water partition coefficient (Wildman–Crippen LogP) is 3.64. The SMILES string of the molecule is CC(NCCC1=CCCCC1)c1cc(O)ccc1O. The number of hydrogen-bond donors (Lipinski definition) is 3. The van der Waals surface area contributed by atoms with Gasteiger partial charge < -0.3 is 15.5 Å². The molecule has 0 fully saturated rings. The molecule has 0 heterocycles. The second kappa shape index (κ2) is 6.62. The van der Waals surface area contributed by atoms with Crippen LogP contribution in [0.2, 0.25) is 0 Å². The Labute approximate surface area is 115 Å². The molecule has 0 saturated heterocycles. The first-order chi connectivity index (χ1) is 9.16. The number of hydrogen-bond acceptors (Lipinski definition) is 3. The Balaban J connectivity index is 1.85. The molecule has 104 valence electrons. The topological polar surface area (TPSA) is 52.5 Å². The minimum Gasteiger partial charge on any atom is -0.508 e. The van der Waals surface area contributed by atoms with Crippen LogP contribution >= 0.6 is 0 Å². The van der Waals surface area contributed by atoms with Crippen molar-refractivity contribution < 1.29 is 10.2 Å². The van der Waals surface area contributed by atoms with Crippen molar-refractivity contribution in [1.29, 1.82) is 0 Å². The van der Waals surface area contributed by atoms with Crippen molar-refractivity contribution in [2.75, 3.05) is 6.54 Å².